The first-order chi connectivity index (χ1) is 12.4. The molecule has 1 N–H and O–H groups in total. The number of halogens is 2. The van der Waals surface area contributed by atoms with E-state index in [2.05, 4.69) is 16.1 Å². The lowest BCUT2D eigenvalue weighted by atomic mass is 9.91. The number of hydrogen-bond donors (Lipinski definition) is 1. The molecule has 2 heterocycles. The van der Waals surface area contributed by atoms with Gasteiger partial charge in [0.15, 0.2) is 23.3 Å². The molecule has 0 radical (unpaired) electrons. The molecule has 0 fully saturated rings. The molecule has 1 unspecified atom stereocenters. The van der Waals surface area contributed by atoms with Crippen LogP contribution in [0.2, 0.25) is 0 Å². The molecule has 0 saturated carbocycles. The molecular formula is C18H17F2N3O3. The average molecular weight is 361 g/mol. The van der Waals surface area contributed by atoms with Crippen molar-refractivity contribution in [3.8, 4) is 12.3 Å². The summed E-state index contributed by atoms with van der Waals surface area (Å²) >= 11 is 0. The van der Waals surface area contributed by atoms with Gasteiger partial charge in [-0.1, -0.05) is 6.07 Å². The topological polar surface area (TPSA) is 82.3 Å². The smallest absolute Gasteiger partial charge is 0.331 e. The fourth-order valence-electron chi connectivity index (χ4n) is 3.30. The Morgan fingerprint density at radius 2 is 2.08 bits per heavy atom. The van der Waals surface area contributed by atoms with Gasteiger partial charge in [0.1, 0.15) is 0 Å². The highest BCUT2D eigenvalue weighted by Crippen LogP contribution is 2.39. The van der Waals surface area contributed by atoms with Crippen LogP contribution < -0.4 is 0 Å². The number of carbonyl (C=O) groups excluding carboxylic acids is 1. The number of carboxylic acids is 1. The summed E-state index contributed by atoms with van der Waals surface area (Å²) in [5, 5.41) is 17.5. The molecule has 0 saturated heterocycles. The number of nitrogens with zero attached hydrogens (tertiary/aromatic N) is 3. The standard InChI is InChI=1S/C18H17F2N3O3/c1-2-3-8-18(21-22-18)9-6-14(24)23-10-7-11-12(16(23)17(25)26)4-5-13(19)15(11)20/h1,4-5,16H,3,6-10H2,(H,25,26). The van der Waals surface area contributed by atoms with E-state index in [4.69, 9.17) is 6.42 Å². The molecular weight excluding hydrogens is 344 g/mol. The molecule has 1 aromatic carbocycles. The van der Waals surface area contributed by atoms with Gasteiger partial charge in [-0.3, -0.25) is 4.79 Å². The van der Waals surface area contributed by atoms with Crippen molar-refractivity contribution in [2.24, 2.45) is 10.2 Å². The molecule has 0 aromatic heterocycles. The van der Waals surface area contributed by atoms with E-state index < -0.39 is 29.3 Å². The fraction of sp³-hybridized carbons (Fsp3) is 0.444. The van der Waals surface area contributed by atoms with Crippen molar-refractivity contribution in [1.82, 2.24) is 4.90 Å². The van der Waals surface area contributed by atoms with Crippen LogP contribution in [0.15, 0.2) is 22.4 Å². The molecule has 0 spiro atoms. The molecule has 1 atom stereocenters. The Kier molecular flexibility index (Phi) is 4.72. The molecule has 1 aromatic rings. The lowest BCUT2D eigenvalue weighted by molar-refractivity contribution is -0.151. The predicted octanol–water partition coefficient (Wildman–Crippen LogP) is 2.83. The quantitative estimate of drug-likeness (QED) is 0.791. The normalized spacial score (nSPS) is 19.6. The summed E-state index contributed by atoms with van der Waals surface area (Å²) in [6.07, 6.45) is 6.72. The van der Waals surface area contributed by atoms with Crippen LogP contribution >= 0.6 is 0 Å². The maximum Gasteiger partial charge on any atom is 0.331 e. The summed E-state index contributed by atoms with van der Waals surface area (Å²) in [6, 6.07) is 0.775. The average Bonchev–Trinajstić information content (AvgIpc) is 3.40. The van der Waals surface area contributed by atoms with Crippen LogP contribution in [0.3, 0.4) is 0 Å². The third kappa shape index (κ3) is 3.29. The van der Waals surface area contributed by atoms with Crippen LogP contribution in [-0.2, 0) is 16.0 Å². The highest BCUT2D eigenvalue weighted by atomic mass is 19.2. The largest absolute Gasteiger partial charge is 0.479 e. The van der Waals surface area contributed by atoms with Crippen molar-refractivity contribution in [2.75, 3.05) is 6.54 Å². The van der Waals surface area contributed by atoms with Gasteiger partial charge in [-0.15, -0.1) is 12.3 Å². The summed E-state index contributed by atoms with van der Waals surface area (Å²) in [7, 11) is 0. The zero-order valence-electron chi connectivity index (χ0n) is 13.9. The molecule has 8 heteroatoms. The Labute approximate surface area is 148 Å². The number of fused-ring (bicyclic) bond motifs is 1. The molecule has 3 rings (SSSR count). The second kappa shape index (κ2) is 6.83. The van der Waals surface area contributed by atoms with Gasteiger partial charge in [0, 0.05) is 32.2 Å². The monoisotopic (exact) mass is 361 g/mol. The molecule has 2 aliphatic heterocycles. The van der Waals surface area contributed by atoms with Gasteiger partial charge in [-0.05, 0) is 23.6 Å². The van der Waals surface area contributed by atoms with Crippen molar-refractivity contribution in [3.05, 3.63) is 34.9 Å². The number of terminal acetylenes is 1. The lowest BCUT2D eigenvalue weighted by Gasteiger charge is -2.35. The van der Waals surface area contributed by atoms with E-state index in [0.29, 0.717) is 19.3 Å². The van der Waals surface area contributed by atoms with Gasteiger partial charge >= 0.3 is 5.97 Å². The summed E-state index contributed by atoms with van der Waals surface area (Å²) in [4.78, 5) is 25.5. The Morgan fingerprint density at radius 3 is 2.69 bits per heavy atom. The van der Waals surface area contributed by atoms with Crippen LogP contribution in [0.4, 0.5) is 8.78 Å². The molecule has 136 valence electrons. The first-order valence-corrected chi connectivity index (χ1v) is 8.25. The van der Waals surface area contributed by atoms with E-state index in [0.717, 1.165) is 6.07 Å². The minimum atomic E-state index is -1.34. The predicted molar refractivity (Wildman–Crippen MR) is 87.0 cm³/mol. The number of carboxylic acid groups (broad SMARTS) is 1. The minimum Gasteiger partial charge on any atom is -0.479 e. The van der Waals surface area contributed by atoms with Gasteiger partial charge in [0.2, 0.25) is 5.91 Å². The summed E-state index contributed by atoms with van der Waals surface area (Å²) < 4.78 is 27.4. The van der Waals surface area contributed by atoms with Gasteiger partial charge < -0.3 is 10.0 Å². The van der Waals surface area contributed by atoms with E-state index in [-0.39, 0.29) is 36.4 Å². The maximum absolute atomic E-state index is 14.0. The number of benzene rings is 1. The zero-order valence-corrected chi connectivity index (χ0v) is 13.9. The first kappa shape index (κ1) is 18.0. The number of rotatable bonds is 6. The number of aliphatic carboxylic acids is 1. The van der Waals surface area contributed by atoms with Crippen LogP contribution in [-0.4, -0.2) is 34.1 Å². The number of carbonyl (C=O) groups is 2. The summed E-state index contributed by atoms with van der Waals surface area (Å²) in [5.41, 5.74) is -0.512. The van der Waals surface area contributed by atoms with Crippen LogP contribution in [0, 0.1) is 24.0 Å². The Balaban J connectivity index is 1.75. The van der Waals surface area contributed by atoms with Crippen molar-refractivity contribution in [2.45, 2.75) is 43.8 Å². The molecule has 2 aliphatic rings. The molecule has 6 nitrogen and oxygen atoms in total. The van der Waals surface area contributed by atoms with Gasteiger partial charge in [-0.25, -0.2) is 13.6 Å². The second-order valence-electron chi connectivity index (χ2n) is 6.39. The van der Waals surface area contributed by atoms with E-state index in [1.54, 1.807) is 0 Å². The van der Waals surface area contributed by atoms with Crippen molar-refractivity contribution in [1.29, 1.82) is 0 Å². The van der Waals surface area contributed by atoms with E-state index in [1.165, 1.54) is 11.0 Å². The van der Waals surface area contributed by atoms with Crippen LogP contribution in [0.1, 0.15) is 42.9 Å². The van der Waals surface area contributed by atoms with Crippen molar-refractivity contribution >= 4 is 11.9 Å². The third-order valence-electron chi connectivity index (χ3n) is 4.79. The SMILES string of the molecule is C#CCCC1(CCC(=O)N2CCc3c(ccc(F)c3F)C2C(=O)O)N=N1. The molecule has 0 aliphatic carbocycles. The zero-order chi connectivity index (χ0) is 18.9. The molecule has 26 heavy (non-hydrogen) atoms. The van der Waals surface area contributed by atoms with E-state index in [1.807, 2.05) is 0 Å². The highest BCUT2D eigenvalue weighted by molar-refractivity contribution is 5.85. The van der Waals surface area contributed by atoms with Crippen molar-refractivity contribution < 1.29 is 23.5 Å². The van der Waals surface area contributed by atoms with E-state index in [9.17, 15) is 23.5 Å². The van der Waals surface area contributed by atoms with Crippen LogP contribution in [0.5, 0.6) is 0 Å². The Bertz CT molecular complexity index is 826. The fourth-order valence-corrected chi connectivity index (χ4v) is 3.30. The van der Waals surface area contributed by atoms with Crippen molar-refractivity contribution in [3.63, 3.8) is 0 Å². The first-order valence-electron chi connectivity index (χ1n) is 8.25. The number of amides is 1. The number of hydrogen-bond acceptors (Lipinski definition) is 4. The highest BCUT2D eigenvalue weighted by Gasteiger charge is 2.42. The summed E-state index contributed by atoms with van der Waals surface area (Å²) in [6.45, 7) is 0.00874. The Morgan fingerprint density at radius 1 is 1.35 bits per heavy atom. The van der Waals surface area contributed by atoms with Gasteiger partial charge in [-0.2, -0.15) is 10.2 Å². The second-order valence-corrected chi connectivity index (χ2v) is 6.39. The minimum absolute atomic E-state index is 0.00874. The maximum atomic E-state index is 14.0. The lowest BCUT2D eigenvalue weighted by Crippen LogP contribution is -2.44. The van der Waals surface area contributed by atoms with Gasteiger partial charge in [0.05, 0.1) is 0 Å². The van der Waals surface area contributed by atoms with E-state index >= 15 is 0 Å². The van der Waals surface area contributed by atoms with Crippen LogP contribution in [0.25, 0.3) is 0 Å². The Hall–Kier alpha value is -2.82. The molecule has 1 amide bonds. The van der Waals surface area contributed by atoms with Gasteiger partial charge in [0.25, 0.3) is 0 Å². The summed E-state index contributed by atoms with van der Waals surface area (Å²) in [5.74, 6) is -1.25. The molecule has 0 bridgehead atoms. The third-order valence-corrected chi connectivity index (χ3v) is 4.79.